The van der Waals surface area contributed by atoms with Crippen molar-refractivity contribution in [2.75, 3.05) is 13.2 Å². The smallest absolute Gasteiger partial charge is 0.310 e. The molecule has 0 saturated heterocycles. The Morgan fingerprint density at radius 3 is 3.10 bits per heavy atom. The van der Waals surface area contributed by atoms with E-state index in [1.54, 1.807) is 6.26 Å². The molecule has 0 aliphatic carbocycles. The standard InChI is InChI=1S/C17H19NO3/c1-3-21-16(19)9-12-10-20-7-6-13-14-8-11(2)4-5-15(14)18-17(12)13/h4-5,8,10,18H,3,6-7,9H2,1-2H3. The fraction of sp³-hybridized carbons (Fsp3) is 0.353. The Hall–Kier alpha value is -2.23. The number of esters is 1. The highest BCUT2D eigenvalue weighted by atomic mass is 16.5. The molecule has 0 spiro atoms. The summed E-state index contributed by atoms with van der Waals surface area (Å²) in [6.07, 6.45) is 2.75. The zero-order valence-corrected chi connectivity index (χ0v) is 12.4. The van der Waals surface area contributed by atoms with Gasteiger partial charge in [0.05, 0.1) is 25.9 Å². The molecule has 0 unspecified atom stereocenters. The quantitative estimate of drug-likeness (QED) is 0.880. The van der Waals surface area contributed by atoms with Crippen LogP contribution < -0.4 is 0 Å². The zero-order valence-electron chi connectivity index (χ0n) is 12.4. The molecule has 0 fully saturated rings. The lowest BCUT2D eigenvalue weighted by Gasteiger charge is -2.05. The monoisotopic (exact) mass is 285 g/mol. The van der Waals surface area contributed by atoms with E-state index >= 15 is 0 Å². The number of H-pyrrole nitrogens is 1. The number of fused-ring (bicyclic) bond motifs is 3. The highest BCUT2D eigenvalue weighted by Crippen LogP contribution is 2.32. The Labute approximate surface area is 123 Å². The second-order valence-electron chi connectivity index (χ2n) is 5.27. The van der Waals surface area contributed by atoms with Crippen LogP contribution in [0.2, 0.25) is 0 Å². The minimum absolute atomic E-state index is 0.227. The first kappa shape index (κ1) is 13.7. The topological polar surface area (TPSA) is 51.3 Å². The van der Waals surface area contributed by atoms with E-state index in [2.05, 4.69) is 30.1 Å². The zero-order chi connectivity index (χ0) is 14.8. The molecule has 1 N–H and O–H groups in total. The number of ether oxygens (including phenoxy) is 2. The van der Waals surface area contributed by atoms with E-state index < -0.39 is 0 Å². The van der Waals surface area contributed by atoms with E-state index in [1.165, 1.54) is 16.5 Å². The predicted octanol–water partition coefficient (Wildman–Crippen LogP) is 3.34. The molecule has 0 radical (unpaired) electrons. The molecule has 1 aromatic heterocycles. The average molecular weight is 285 g/mol. The molecule has 2 heterocycles. The Balaban J connectivity index is 2.04. The molecule has 0 bridgehead atoms. The van der Waals surface area contributed by atoms with Crippen molar-refractivity contribution in [3.63, 3.8) is 0 Å². The molecule has 0 atom stereocenters. The van der Waals surface area contributed by atoms with Crippen LogP contribution in [0.1, 0.15) is 30.2 Å². The predicted molar refractivity (Wildman–Crippen MR) is 81.9 cm³/mol. The van der Waals surface area contributed by atoms with Crippen LogP contribution in [0.25, 0.3) is 16.5 Å². The van der Waals surface area contributed by atoms with Crippen LogP contribution in [-0.2, 0) is 20.7 Å². The van der Waals surface area contributed by atoms with Gasteiger partial charge in [-0.3, -0.25) is 4.79 Å². The molecule has 0 amide bonds. The van der Waals surface area contributed by atoms with Gasteiger partial charge in [0.1, 0.15) is 0 Å². The first-order chi connectivity index (χ1) is 10.2. The number of carbonyl (C=O) groups excluding carboxylic acids is 1. The maximum Gasteiger partial charge on any atom is 0.310 e. The van der Waals surface area contributed by atoms with E-state index in [0.717, 1.165) is 23.2 Å². The second-order valence-corrected chi connectivity index (χ2v) is 5.27. The fourth-order valence-corrected chi connectivity index (χ4v) is 2.77. The van der Waals surface area contributed by atoms with Gasteiger partial charge in [0, 0.05) is 28.6 Å². The van der Waals surface area contributed by atoms with E-state index in [1.807, 2.05) is 6.92 Å². The third-order valence-corrected chi connectivity index (χ3v) is 3.72. The fourth-order valence-electron chi connectivity index (χ4n) is 2.77. The largest absolute Gasteiger partial charge is 0.500 e. The van der Waals surface area contributed by atoms with Gasteiger partial charge < -0.3 is 14.5 Å². The number of aromatic amines is 1. The number of nitrogens with one attached hydrogen (secondary N) is 1. The van der Waals surface area contributed by atoms with Gasteiger partial charge in [0.2, 0.25) is 0 Å². The van der Waals surface area contributed by atoms with Gasteiger partial charge >= 0.3 is 5.97 Å². The van der Waals surface area contributed by atoms with Gasteiger partial charge in [-0.25, -0.2) is 0 Å². The minimum Gasteiger partial charge on any atom is -0.500 e. The van der Waals surface area contributed by atoms with Crippen molar-refractivity contribution in [1.29, 1.82) is 0 Å². The summed E-state index contributed by atoms with van der Waals surface area (Å²) < 4.78 is 10.6. The van der Waals surface area contributed by atoms with Crippen molar-refractivity contribution in [3.05, 3.63) is 41.3 Å². The molecule has 1 aliphatic rings. The Kier molecular flexibility index (Phi) is 3.69. The minimum atomic E-state index is -0.227. The molecule has 110 valence electrons. The Morgan fingerprint density at radius 1 is 1.43 bits per heavy atom. The number of rotatable bonds is 3. The van der Waals surface area contributed by atoms with Crippen molar-refractivity contribution in [2.24, 2.45) is 0 Å². The summed E-state index contributed by atoms with van der Waals surface area (Å²) in [6, 6.07) is 6.35. The third kappa shape index (κ3) is 2.66. The van der Waals surface area contributed by atoms with E-state index in [4.69, 9.17) is 9.47 Å². The number of aromatic nitrogens is 1. The molecule has 3 rings (SSSR count). The lowest BCUT2D eigenvalue weighted by molar-refractivity contribution is -0.141. The summed E-state index contributed by atoms with van der Waals surface area (Å²) in [5, 5.41) is 1.21. The molecule has 0 saturated carbocycles. The lowest BCUT2D eigenvalue weighted by atomic mass is 10.0. The maximum absolute atomic E-state index is 11.8. The molecular formula is C17H19NO3. The van der Waals surface area contributed by atoms with Crippen LogP contribution in [0.4, 0.5) is 0 Å². The number of aryl methyl sites for hydroxylation is 1. The molecule has 2 aromatic rings. The number of carbonyl (C=O) groups is 1. The van der Waals surface area contributed by atoms with Crippen molar-refractivity contribution in [1.82, 2.24) is 4.98 Å². The van der Waals surface area contributed by atoms with Gasteiger partial charge in [-0.15, -0.1) is 0 Å². The van der Waals surface area contributed by atoms with Gasteiger partial charge in [0.25, 0.3) is 0 Å². The Bertz CT molecular complexity index is 712. The number of hydrogen-bond donors (Lipinski definition) is 1. The first-order valence-corrected chi connectivity index (χ1v) is 7.27. The van der Waals surface area contributed by atoms with Gasteiger partial charge in [-0.1, -0.05) is 11.6 Å². The van der Waals surface area contributed by atoms with Crippen molar-refractivity contribution in [2.45, 2.75) is 26.7 Å². The highest BCUT2D eigenvalue weighted by molar-refractivity contribution is 5.93. The van der Waals surface area contributed by atoms with Crippen molar-refractivity contribution >= 4 is 22.4 Å². The van der Waals surface area contributed by atoms with E-state index in [-0.39, 0.29) is 12.4 Å². The van der Waals surface area contributed by atoms with E-state index in [9.17, 15) is 4.79 Å². The average Bonchev–Trinajstić information content (AvgIpc) is 2.69. The van der Waals surface area contributed by atoms with E-state index in [0.29, 0.717) is 13.2 Å². The number of benzene rings is 1. The maximum atomic E-state index is 11.8. The summed E-state index contributed by atoms with van der Waals surface area (Å²) >= 11 is 0. The first-order valence-electron chi connectivity index (χ1n) is 7.27. The summed E-state index contributed by atoms with van der Waals surface area (Å²) in [6.45, 7) is 4.92. The summed E-state index contributed by atoms with van der Waals surface area (Å²) in [7, 11) is 0. The Morgan fingerprint density at radius 2 is 2.29 bits per heavy atom. The number of hydrogen-bond acceptors (Lipinski definition) is 3. The molecule has 4 nitrogen and oxygen atoms in total. The third-order valence-electron chi connectivity index (χ3n) is 3.72. The lowest BCUT2D eigenvalue weighted by Crippen LogP contribution is -2.05. The van der Waals surface area contributed by atoms with Crippen LogP contribution in [0, 0.1) is 6.92 Å². The molecule has 1 aliphatic heterocycles. The van der Waals surface area contributed by atoms with Gasteiger partial charge in [0.15, 0.2) is 0 Å². The van der Waals surface area contributed by atoms with Crippen LogP contribution in [-0.4, -0.2) is 24.2 Å². The second kappa shape index (κ2) is 5.64. The van der Waals surface area contributed by atoms with Gasteiger partial charge in [-0.05, 0) is 31.5 Å². The van der Waals surface area contributed by atoms with Crippen LogP contribution in [0.15, 0.2) is 24.5 Å². The summed E-state index contributed by atoms with van der Waals surface area (Å²) in [4.78, 5) is 15.2. The molecule has 1 aromatic carbocycles. The van der Waals surface area contributed by atoms with Crippen LogP contribution in [0.3, 0.4) is 0 Å². The molecular weight excluding hydrogens is 266 g/mol. The summed E-state index contributed by atoms with van der Waals surface area (Å²) in [5.41, 5.74) is 5.41. The van der Waals surface area contributed by atoms with Crippen molar-refractivity contribution < 1.29 is 14.3 Å². The summed E-state index contributed by atoms with van der Waals surface area (Å²) in [5.74, 6) is -0.227. The normalized spacial score (nSPS) is 14.1. The van der Waals surface area contributed by atoms with Crippen molar-refractivity contribution in [3.8, 4) is 0 Å². The van der Waals surface area contributed by atoms with Crippen LogP contribution in [0.5, 0.6) is 0 Å². The molecule has 4 heteroatoms. The molecule has 21 heavy (non-hydrogen) atoms. The van der Waals surface area contributed by atoms with Crippen LogP contribution >= 0.6 is 0 Å². The highest BCUT2D eigenvalue weighted by Gasteiger charge is 2.20. The SMILES string of the molecule is CCOC(=O)CC1=COCCc2c1[nH]c1ccc(C)cc21. The van der Waals surface area contributed by atoms with Gasteiger partial charge in [-0.2, -0.15) is 0 Å².